The molecule has 3 nitrogen and oxygen atoms in total. The Balaban J connectivity index is 1.97. The third-order valence-corrected chi connectivity index (χ3v) is 4.25. The first-order valence-electron chi connectivity index (χ1n) is 7.51. The summed E-state index contributed by atoms with van der Waals surface area (Å²) in [4.78, 5) is 14.6. The van der Waals surface area contributed by atoms with Crippen molar-refractivity contribution in [1.82, 2.24) is 0 Å². The van der Waals surface area contributed by atoms with E-state index < -0.39 is 0 Å². The molecule has 1 amide bonds. The second-order valence-electron chi connectivity index (χ2n) is 5.68. The molecule has 1 heterocycles. The van der Waals surface area contributed by atoms with Gasteiger partial charge in [-0.15, -0.1) is 0 Å². The van der Waals surface area contributed by atoms with Crippen molar-refractivity contribution in [2.24, 2.45) is 0 Å². The first-order chi connectivity index (χ1) is 10.6. The molecule has 2 aromatic rings. The number of halogens is 1. The van der Waals surface area contributed by atoms with E-state index in [1.54, 1.807) is 0 Å². The maximum atomic E-state index is 12.7. The van der Waals surface area contributed by atoms with Crippen molar-refractivity contribution < 1.29 is 4.79 Å². The highest BCUT2D eigenvalue weighted by Crippen LogP contribution is 2.35. The monoisotopic (exact) mass is 314 g/mol. The van der Waals surface area contributed by atoms with Crippen LogP contribution >= 0.6 is 11.6 Å². The summed E-state index contributed by atoms with van der Waals surface area (Å²) in [7, 11) is 0. The summed E-state index contributed by atoms with van der Waals surface area (Å²) in [6.07, 6.45) is 0.745. The molecule has 0 radical (unpaired) electrons. The Bertz CT molecular complexity index is 697. The van der Waals surface area contributed by atoms with Gasteiger partial charge < -0.3 is 10.2 Å². The molecular formula is C18H19ClN2O. The van der Waals surface area contributed by atoms with E-state index in [9.17, 15) is 4.79 Å². The largest absolute Gasteiger partial charge is 0.372 e. The molecule has 4 heteroatoms. The summed E-state index contributed by atoms with van der Waals surface area (Å²) in [5, 5.41) is 3.96. The zero-order valence-corrected chi connectivity index (χ0v) is 13.5. The fourth-order valence-electron chi connectivity index (χ4n) is 2.73. The van der Waals surface area contributed by atoms with Gasteiger partial charge in [0, 0.05) is 5.02 Å². The van der Waals surface area contributed by atoms with Gasteiger partial charge in [0.1, 0.15) is 6.04 Å². The number of carbonyl (C=O) groups excluding carboxylic acids is 1. The maximum Gasteiger partial charge on any atom is 0.249 e. The van der Waals surface area contributed by atoms with Gasteiger partial charge in [-0.25, -0.2) is 0 Å². The number of hydrogen-bond acceptors (Lipinski definition) is 2. The van der Waals surface area contributed by atoms with Crippen LogP contribution in [0.5, 0.6) is 0 Å². The molecule has 0 saturated heterocycles. The predicted octanol–water partition coefficient (Wildman–Crippen LogP) is 4.39. The first-order valence-corrected chi connectivity index (χ1v) is 7.89. The third kappa shape index (κ3) is 2.81. The van der Waals surface area contributed by atoms with E-state index in [0.717, 1.165) is 23.4 Å². The van der Waals surface area contributed by atoms with Crippen LogP contribution in [0.2, 0.25) is 5.02 Å². The van der Waals surface area contributed by atoms with Crippen LogP contribution < -0.4 is 10.2 Å². The molecule has 1 atom stereocenters. The molecule has 1 aliphatic heterocycles. The number of fused-ring (bicyclic) bond motifs is 1. The second kappa shape index (κ2) is 6.01. The fraction of sp³-hybridized carbons (Fsp3) is 0.278. The quantitative estimate of drug-likeness (QED) is 0.911. The van der Waals surface area contributed by atoms with Crippen LogP contribution in [0.4, 0.5) is 11.4 Å². The van der Waals surface area contributed by atoms with Crippen molar-refractivity contribution in [2.75, 3.05) is 10.2 Å². The first kappa shape index (κ1) is 14.9. The van der Waals surface area contributed by atoms with Gasteiger partial charge in [0.05, 0.1) is 17.9 Å². The van der Waals surface area contributed by atoms with Crippen LogP contribution in [0.3, 0.4) is 0 Å². The number of nitrogens with one attached hydrogen (secondary N) is 1. The van der Waals surface area contributed by atoms with E-state index in [-0.39, 0.29) is 11.9 Å². The lowest BCUT2D eigenvalue weighted by molar-refractivity contribution is -0.119. The number of rotatable bonds is 3. The Morgan fingerprint density at radius 3 is 2.59 bits per heavy atom. The van der Waals surface area contributed by atoms with Crippen LogP contribution in [0.25, 0.3) is 0 Å². The number of benzene rings is 2. The molecule has 2 aromatic carbocycles. The summed E-state index contributed by atoms with van der Waals surface area (Å²) in [6, 6.07) is 13.7. The standard InChI is InChI=1S/C18H19ClN2O/c1-3-15-18(22)21(11-13-6-4-12(2)5-7-13)17-9-8-14(19)10-16(17)20-15/h4-10,15,20H,3,11H2,1-2H3. The van der Waals surface area contributed by atoms with E-state index >= 15 is 0 Å². The topological polar surface area (TPSA) is 32.3 Å². The van der Waals surface area contributed by atoms with Crippen molar-refractivity contribution in [2.45, 2.75) is 32.9 Å². The maximum absolute atomic E-state index is 12.7. The Morgan fingerprint density at radius 2 is 1.91 bits per heavy atom. The zero-order valence-electron chi connectivity index (χ0n) is 12.8. The summed E-state index contributed by atoms with van der Waals surface area (Å²) >= 11 is 6.09. The zero-order chi connectivity index (χ0) is 15.7. The number of hydrogen-bond donors (Lipinski definition) is 1. The smallest absolute Gasteiger partial charge is 0.249 e. The molecular weight excluding hydrogens is 296 g/mol. The molecule has 0 saturated carbocycles. The Kier molecular flexibility index (Phi) is 4.08. The van der Waals surface area contributed by atoms with Crippen LogP contribution in [0.15, 0.2) is 42.5 Å². The minimum absolute atomic E-state index is 0.109. The summed E-state index contributed by atoms with van der Waals surface area (Å²) in [5.74, 6) is 0.109. The highest BCUT2D eigenvalue weighted by Gasteiger charge is 2.31. The molecule has 0 aliphatic carbocycles. The number of aryl methyl sites for hydroxylation is 1. The molecule has 0 aromatic heterocycles. The van der Waals surface area contributed by atoms with Gasteiger partial charge in [-0.1, -0.05) is 48.4 Å². The lowest BCUT2D eigenvalue weighted by Crippen LogP contribution is -2.46. The normalized spacial score (nSPS) is 17.1. The lowest BCUT2D eigenvalue weighted by Gasteiger charge is -2.35. The van der Waals surface area contributed by atoms with Gasteiger partial charge in [0.15, 0.2) is 0 Å². The molecule has 0 fully saturated rings. The second-order valence-corrected chi connectivity index (χ2v) is 6.11. The molecule has 3 rings (SSSR count). The Morgan fingerprint density at radius 1 is 1.18 bits per heavy atom. The SMILES string of the molecule is CCC1Nc2cc(Cl)ccc2N(Cc2ccc(C)cc2)C1=O. The predicted molar refractivity (Wildman–Crippen MR) is 91.5 cm³/mol. The van der Waals surface area contributed by atoms with Crippen molar-refractivity contribution in [3.63, 3.8) is 0 Å². The van der Waals surface area contributed by atoms with Crippen molar-refractivity contribution in [3.05, 3.63) is 58.6 Å². The highest BCUT2D eigenvalue weighted by molar-refractivity contribution is 6.31. The summed E-state index contributed by atoms with van der Waals surface area (Å²) in [6.45, 7) is 4.64. The third-order valence-electron chi connectivity index (χ3n) is 4.01. The summed E-state index contributed by atoms with van der Waals surface area (Å²) < 4.78 is 0. The van der Waals surface area contributed by atoms with Gasteiger partial charge in [0.2, 0.25) is 5.91 Å². The highest BCUT2D eigenvalue weighted by atomic mass is 35.5. The summed E-state index contributed by atoms with van der Waals surface area (Å²) in [5.41, 5.74) is 4.15. The Labute approximate surface area is 135 Å². The van der Waals surface area contributed by atoms with Crippen molar-refractivity contribution in [3.8, 4) is 0 Å². The number of amides is 1. The minimum Gasteiger partial charge on any atom is -0.372 e. The minimum atomic E-state index is -0.198. The molecule has 22 heavy (non-hydrogen) atoms. The Hall–Kier alpha value is -2.00. The number of anilines is 2. The van der Waals surface area contributed by atoms with Gasteiger partial charge in [-0.2, -0.15) is 0 Å². The van der Waals surface area contributed by atoms with Crippen LogP contribution in [0.1, 0.15) is 24.5 Å². The molecule has 1 aliphatic rings. The number of carbonyl (C=O) groups is 1. The van der Waals surface area contributed by atoms with Gasteiger partial charge in [-0.05, 0) is 37.1 Å². The molecule has 0 bridgehead atoms. The van der Waals surface area contributed by atoms with E-state index in [4.69, 9.17) is 11.6 Å². The van der Waals surface area contributed by atoms with E-state index in [1.807, 2.05) is 30.0 Å². The molecule has 1 N–H and O–H groups in total. The van der Waals surface area contributed by atoms with Crippen LogP contribution in [-0.2, 0) is 11.3 Å². The van der Waals surface area contributed by atoms with Gasteiger partial charge >= 0.3 is 0 Å². The van der Waals surface area contributed by atoms with E-state index in [1.165, 1.54) is 5.56 Å². The molecule has 1 unspecified atom stereocenters. The average Bonchev–Trinajstić information content (AvgIpc) is 2.51. The van der Waals surface area contributed by atoms with E-state index in [2.05, 4.69) is 36.5 Å². The molecule has 0 spiro atoms. The van der Waals surface area contributed by atoms with E-state index in [0.29, 0.717) is 11.6 Å². The van der Waals surface area contributed by atoms with Crippen molar-refractivity contribution in [1.29, 1.82) is 0 Å². The van der Waals surface area contributed by atoms with Crippen molar-refractivity contribution >= 4 is 28.9 Å². The average molecular weight is 315 g/mol. The van der Waals surface area contributed by atoms with Gasteiger partial charge in [0.25, 0.3) is 0 Å². The van der Waals surface area contributed by atoms with Crippen LogP contribution in [0, 0.1) is 6.92 Å². The van der Waals surface area contributed by atoms with Gasteiger partial charge in [-0.3, -0.25) is 4.79 Å². The lowest BCUT2D eigenvalue weighted by atomic mass is 10.1. The van der Waals surface area contributed by atoms with Crippen LogP contribution in [-0.4, -0.2) is 11.9 Å². The molecule has 114 valence electrons. The number of nitrogens with zero attached hydrogens (tertiary/aromatic N) is 1. The fourth-order valence-corrected chi connectivity index (χ4v) is 2.90.